The van der Waals surface area contributed by atoms with Crippen LogP contribution < -0.4 is 0 Å². The highest BCUT2D eigenvalue weighted by Crippen LogP contribution is 2.31. The molecule has 1 aliphatic heterocycles. The second-order valence-electron chi connectivity index (χ2n) is 5.05. The average molecular weight is 253 g/mol. The molecular formula is C13H19NO4. The molecule has 5 heteroatoms. The number of carbonyl (C=O) groups excluding carboxylic acids is 2. The van der Waals surface area contributed by atoms with Crippen molar-refractivity contribution in [1.82, 2.24) is 4.90 Å². The zero-order valence-electron chi connectivity index (χ0n) is 10.8. The van der Waals surface area contributed by atoms with E-state index in [1.165, 1.54) is 4.90 Å². The molecule has 0 radical (unpaired) electrons. The molecule has 1 fully saturated rings. The van der Waals surface area contributed by atoms with Crippen molar-refractivity contribution >= 4 is 12.1 Å². The summed E-state index contributed by atoms with van der Waals surface area (Å²) in [5.41, 5.74) is 0. The van der Waals surface area contributed by atoms with E-state index in [0.717, 1.165) is 12.8 Å². The summed E-state index contributed by atoms with van der Waals surface area (Å²) in [5.74, 6) is 0.158. The third-order valence-electron chi connectivity index (χ3n) is 3.40. The van der Waals surface area contributed by atoms with E-state index in [0.29, 0.717) is 12.8 Å². The number of amides is 1. The van der Waals surface area contributed by atoms with E-state index in [2.05, 4.69) is 0 Å². The summed E-state index contributed by atoms with van der Waals surface area (Å²) in [5, 5.41) is 0. The molecule has 0 unspecified atom stereocenters. The Balaban J connectivity index is 1.93. The van der Waals surface area contributed by atoms with Crippen LogP contribution in [-0.4, -0.2) is 43.3 Å². The van der Waals surface area contributed by atoms with Crippen molar-refractivity contribution in [3.63, 3.8) is 0 Å². The van der Waals surface area contributed by atoms with Crippen LogP contribution in [0.1, 0.15) is 25.7 Å². The summed E-state index contributed by atoms with van der Waals surface area (Å²) in [4.78, 5) is 24.1. The second-order valence-corrected chi connectivity index (χ2v) is 5.05. The Morgan fingerprint density at radius 3 is 2.94 bits per heavy atom. The zero-order valence-corrected chi connectivity index (χ0v) is 10.8. The molecule has 0 saturated carbocycles. The van der Waals surface area contributed by atoms with Gasteiger partial charge in [0.1, 0.15) is 12.2 Å². The van der Waals surface area contributed by atoms with E-state index in [9.17, 15) is 9.59 Å². The predicted molar refractivity (Wildman–Crippen MR) is 64.9 cm³/mol. The molecule has 100 valence electrons. The summed E-state index contributed by atoms with van der Waals surface area (Å²) in [6.07, 6.45) is 6.13. The minimum absolute atomic E-state index is 0.0132. The molecule has 2 aliphatic rings. The lowest BCUT2D eigenvalue weighted by atomic mass is 9.90. The molecule has 0 aromatic carbocycles. The summed E-state index contributed by atoms with van der Waals surface area (Å²) in [7, 11) is 3.32. The van der Waals surface area contributed by atoms with Crippen molar-refractivity contribution in [2.45, 2.75) is 37.9 Å². The molecule has 3 atom stereocenters. The number of ether oxygens (including phenoxy) is 2. The lowest BCUT2D eigenvalue weighted by molar-refractivity contribution is -0.141. The molecule has 0 aromatic rings. The molecule has 0 bridgehead atoms. The van der Waals surface area contributed by atoms with Crippen LogP contribution >= 0.6 is 0 Å². The maximum absolute atomic E-state index is 11.5. The fourth-order valence-corrected chi connectivity index (χ4v) is 2.36. The fourth-order valence-electron chi connectivity index (χ4n) is 2.36. The quantitative estimate of drug-likeness (QED) is 0.527. The van der Waals surface area contributed by atoms with Gasteiger partial charge in [-0.2, -0.15) is 0 Å². The van der Waals surface area contributed by atoms with Gasteiger partial charge >= 0.3 is 12.1 Å². The van der Waals surface area contributed by atoms with Crippen LogP contribution in [0.25, 0.3) is 0 Å². The Morgan fingerprint density at radius 2 is 2.22 bits per heavy atom. The molecule has 0 aromatic heterocycles. The van der Waals surface area contributed by atoms with Gasteiger partial charge < -0.3 is 14.4 Å². The van der Waals surface area contributed by atoms with Crippen LogP contribution in [0.3, 0.4) is 0 Å². The van der Waals surface area contributed by atoms with E-state index < -0.39 is 0 Å². The molecule has 2 rings (SSSR count). The Labute approximate surface area is 107 Å². The monoisotopic (exact) mass is 253 g/mol. The van der Waals surface area contributed by atoms with E-state index >= 15 is 0 Å². The maximum atomic E-state index is 11.5. The first-order valence-electron chi connectivity index (χ1n) is 6.30. The number of hydrogen-bond acceptors (Lipinski definition) is 4. The van der Waals surface area contributed by atoms with Crippen LogP contribution in [-0.2, 0) is 14.3 Å². The second kappa shape index (κ2) is 5.42. The van der Waals surface area contributed by atoms with Crippen molar-refractivity contribution in [1.29, 1.82) is 0 Å². The van der Waals surface area contributed by atoms with Crippen molar-refractivity contribution in [2.24, 2.45) is 5.92 Å². The third-order valence-corrected chi connectivity index (χ3v) is 3.40. The molecule has 5 nitrogen and oxygen atoms in total. The Bertz CT molecular complexity index is 364. The topological polar surface area (TPSA) is 55.8 Å². The molecule has 18 heavy (non-hydrogen) atoms. The summed E-state index contributed by atoms with van der Waals surface area (Å²) >= 11 is 0. The molecule has 1 aliphatic carbocycles. The number of esters is 1. The molecule has 1 heterocycles. The number of hydrogen-bond donors (Lipinski definition) is 0. The third kappa shape index (κ3) is 3.03. The van der Waals surface area contributed by atoms with Crippen LogP contribution in [0, 0.1) is 5.92 Å². The fraction of sp³-hybridized carbons (Fsp3) is 0.692. The van der Waals surface area contributed by atoms with Crippen molar-refractivity contribution < 1.29 is 19.1 Å². The zero-order chi connectivity index (χ0) is 13.1. The lowest BCUT2D eigenvalue weighted by Gasteiger charge is -2.23. The minimum Gasteiger partial charge on any atom is -0.462 e. The molecular weight excluding hydrogens is 234 g/mol. The highest BCUT2D eigenvalue weighted by atomic mass is 16.6. The van der Waals surface area contributed by atoms with Crippen LogP contribution in [0.4, 0.5) is 4.79 Å². The van der Waals surface area contributed by atoms with Gasteiger partial charge in [-0.3, -0.25) is 4.79 Å². The molecule has 1 amide bonds. The predicted octanol–water partition coefficient (Wildman–Crippen LogP) is 1.72. The number of carbonyl (C=O) groups is 2. The van der Waals surface area contributed by atoms with E-state index in [4.69, 9.17) is 9.47 Å². The van der Waals surface area contributed by atoms with Crippen LogP contribution in [0.15, 0.2) is 12.2 Å². The molecule has 0 N–H and O–H groups in total. The SMILES string of the molecule is CN(C)C(=O)O[C@@H]1/C=C/C[C@H]2OC(=O)C[C@@H]2CC1. The Hall–Kier alpha value is -1.52. The number of rotatable bonds is 1. The number of nitrogens with zero attached hydrogens (tertiary/aromatic N) is 1. The van der Waals surface area contributed by atoms with Crippen molar-refractivity contribution in [2.75, 3.05) is 14.1 Å². The summed E-state index contributed by atoms with van der Waals surface area (Å²) < 4.78 is 10.6. The first-order valence-corrected chi connectivity index (χ1v) is 6.30. The average Bonchev–Trinajstić information content (AvgIpc) is 2.62. The number of fused-ring (bicyclic) bond motifs is 1. The standard InChI is InChI=1S/C13H19NO4/c1-14(2)13(16)17-10-4-3-5-11-9(6-7-10)8-12(15)18-11/h3-4,9-11H,5-8H2,1-2H3/b4-3+/t9-,10+,11+/m0/s1. The van der Waals surface area contributed by atoms with E-state index in [1.54, 1.807) is 14.1 Å². The first-order chi connectivity index (χ1) is 8.56. The highest BCUT2D eigenvalue weighted by Gasteiger charge is 2.35. The van der Waals surface area contributed by atoms with Gasteiger partial charge in [0, 0.05) is 26.4 Å². The van der Waals surface area contributed by atoms with Crippen LogP contribution in [0.5, 0.6) is 0 Å². The van der Waals surface area contributed by atoms with Crippen LogP contribution in [0.2, 0.25) is 0 Å². The van der Waals surface area contributed by atoms with Gasteiger partial charge in [0.2, 0.25) is 0 Å². The van der Waals surface area contributed by atoms with Gasteiger partial charge in [-0.15, -0.1) is 0 Å². The van der Waals surface area contributed by atoms with Gasteiger partial charge in [-0.1, -0.05) is 6.08 Å². The van der Waals surface area contributed by atoms with Crippen molar-refractivity contribution in [3.05, 3.63) is 12.2 Å². The minimum atomic E-state index is -0.333. The first kappa shape index (κ1) is 12.9. The van der Waals surface area contributed by atoms with Gasteiger partial charge in [0.05, 0.1) is 6.42 Å². The van der Waals surface area contributed by atoms with Gasteiger partial charge in [0.25, 0.3) is 0 Å². The molecule has 0 spiro atoms. The highest BCUT2D eigenvalue weighted by molar-refractivity contribution is 5.72. The summed E-state index contributed by atoms with van der Waals surface area (Å²) in [6.45, 7) is 0. The Kier molecular flexibility index (Phi) is 3.89. The van der Waals surface area contributed by atoms with Gasteiger partial charge in [0.15, 0.2) is 0 Å². The van der Waals surface area contributed by atoms with Gasteiger partial charge in [-0.05, 0) is 18.9 Å². The largest absolute Gasteiger partial charge is 0.462 e. The lowest BCUT2D eigenvalue weighted by Crippen LogP contribution is -2.28. The van der Waals surface area contributed by atoms with Gasteiger partial charge in [-0.25, -0.2) is 4.79 Å². The normalized spacial score (nSPS) is 32.8. The van der Waals surface area contributed by atoms with E-state index in [1.807, 2.05) is 12.2 Å². The smallest absolute Gasteiger partial charge is 0.409 e. The Morgan fingerprint density at radius 1 is 1.44 bits per heavy atom. The van der Waals surface area contributed by atoms with E-state index in [-0.39, 0.29) is 30.2 Å². The molecule has 1 saturated heterocycles. The summed E-state index contributed by atoms with van der Waals surface area (Å²) in [6, 6.07) is 0. The maximum Gasteiger partial charge on any atom is 0.409 e. The van der Waals surface area contributed by atoms with Crippen molar-refractivity contribution in [3.8, 4) is 0 Å².